The molecule has 0 spiro atoms. The maximum atomic E-state index is 11.5. The largest absolute Gasteiger partial charge is 0.214 e. The van der Waals surface area contributed by atoms with Crippen LogP contribution in [0, 0.1) is 5.41 Å². The van der Waals surface area contributed by atoms with Gasteiger partial charge in [0.25, 0.3) is 0 Å². The lowest BCUT2D eigenvalue weighted by molar-refractivity contribution is 0.458. The van der Waals surface area contributed by atoms with Crippen LogP contribution in [0.5, 0.6) is 0 Å². The van der Waals surface area contributed by atoms with Gasteiger partial charge in [-0.15, -0.1) is 0 Å². The lowest BCUT2D eigenvalue weighted by atomic mass is 10.0. The van der Waals surface area contributed by atoms with Gasteiger partial charge in [-0.2, -0.15) is 0 Å². The van der Waals surface area contributed by atoms with Crippen molar-refractivity contribution in [2.24, 2.45) is 5.41 Å². The first-order valence-electron chi connectivity index (χ1n) is 4.78. The Labute approximate surface area is 95.8 Å². The molecule has 0 fully saturated rings. The highest BCUT2D eigenvalue weighted by Crippen LogP contribution is 2.15. The SMILES string of the molecule is CCC(Br)CNS(=O)(=O)CC(C)(C)C. The number of alkyl halides is 1. The van der Waals surface area contributed by atoms with Crippen molar-refractivity contribution in [2.75, 3.05) is 12.3 Å². The molecule has 1 N–H and O–H groups in total. The fourth-order valence-corrected chi connectivity index (χ4v) is 3.06. The van der Waals surface area contributed by atoms with E-state index >= 15 is 0 Å². The molecule has 0 aliphatic rings. The van der Waals surface area contributed by atoms with E-state index < -0.39 is 10.0 Å². The van der Waals surface area contributed by atoms with Gasteiger partial charge in [0.15, 0.2) is 0 Å². The molecule has 0 aromatic carbocycles. The molecular weight excluding hydrogens is 266 g/mol. The molecule has 0 aliphatic carbocycles. The number of rotatable bonds is 5. The highest BCUT2D eigenvalue weighted by Gasteiger charge is 2.21. The van der Waals surface area contributed by atoms with E-state index in [0.717, 1.165) is 6.42 Å². The molecule has 3 nitrogen and oxygen atoms in total. The summed E-state index contributed by atoms with van der Waals surface area (Å²) in [5, 5.41) is 0. The normalized spacial score (nSPS) is 15.5. The Bertz CT molecular complexity index is 256. The second-order valence-electron chi connectivity index (χ2n) is 4.67. The number of halogens is 1. The zero-order valence-corrected chi connectivity index (χ0v) is 11.7. The van der Waals surface area contributed by atoms with Crippen LogP contribution in [0.1, 0.15) is 34.1 Å². The van der Waals surface area contributed by atoms with E-state index in [9.17, 15) is 8.42 Å². The van der Waals surface area contributed by atoms with Gasteiger partial charge in [-0.3, -0.25) is 0 Å². The van der Waals surface area contributed by atoms with Crippen LogP contribution in [0.25, 0.3) is 0 Å². The molecule has 1 unspecified atom stereocenters. The topological polar surface area (TPSA) is 46.2 Å². The first kappa shape index (κ1) is 14.4. The molecule has 5 heteroatoms. The summed E-state index contributed by atoms with van der Waals surface area (Å²) in [6, 6.07) is 0. The summed E-state index contributed by atoms with van der Waals surface area (Å²) in [4.78, 5) is 0.220. The Balaban J connectivity index is 4.10. The summed E-state index contributed by atoms with van der Waals surface area (Å²) in [5.41, 5.74) is -0.195. The van der Waals surface area contributed by atoms with Gasteiger partial charge in [0, 0.05) is 11.4 Å². The Morgan fingerprint density at radius 3 is 2.21 bits per heavy atom. The predicted octanol–water partition coefficient (Wildman–Crippen LogP) is 2.13. The molecule has 0 heterocycles. The van der Waals surface area contributed by atoms with Gasteiger partial charge in [-0.05, 0) is 11.8 Å². The van der Waals surface area contributed by atoms with Gasteiger partial charge in [-0.1, -0.05) is 43.6 Å². The van der Waals surface area contributed by atoms with Crippen LogP contribution in [0.15, 0.2) is 0 Å². The molecule has 86 valence electrons. The molecule has 0 radical (unpaired) electrons. The van der Waals surface area contributed by atoms with Crippen molar-refractivity contribution in [3.05, 3.63) is 0 Å². The highest BCUT2D eigenvalue weighted by molar-refractivity contribution is 9.09. The second-order valence-corrected chi connectivity index (χ2v) is 7.78. The summed E-state index contributed by atoms with van der Waals surface area (Å²) in [6.07, 6.45) is 0.915. The molecule has 0 aromatic heterocycles. The summed E-state index contributed by atoms with van der Waals surface area (Å²) >= 11 is 3.38. The van der Waals surface area contributed by atoms with E-state index in [1.165, 1.54) is 0 Å². The van der Waals surface area contributed by atoms with E-state index in [4.69, 9.17) is 0 Å². The number of nitrogens with one attached hydrogen (secondary N) is 1. The van der Waals surface area contributed by atoms with Gasteiger partial charge in [0.2, 0.25) is 10.0 Å². The Morgan fingerprint density at radius 2 is 1.86 bits per heavy atom. The first-order valence-corrected chi connectivity index (χ1v) is 7.34. The molecule has 0 bridgehead atoms. The van der Waals surface area contributed by atoms with Crippen molar-refractivity contribution in [1.82, 2.24) is 4.72 Å². The molecule has 1 atom stereocenters. The lowest BCUT2D eigenvalue weighted by Crippen LogP contribution is -2.35. The third kappa shape index (κ3) is 7.76. The number of sulfonamides is 1. The molecular formula is C9H20BrNO2S. The minimum absolute atomic E-state index is 0.170. The number of hydrogen-bond donors (Lipinski definition) is 1. The van der Waals surface area contributed by atoms with Crippen molar-refractivity contribution >= 4 is 26.0 Å². The number of hydrogen-bond acceptors (Lipinski definition) is 2. The van der Waals surface area contributed by atoms with Crippen molar-refractivity contribution in [3.63, 3.8) is 0 Å². The summed E-state index contributed by atoms with van der Waals surface area (Å²) < 4.78 is 25.7. The zero-order chi connectivity index (χ0) is 11.4. The first-order chi connectivity index (χ1) is 6.16. The van der Waals surface area contributed by atoms with E-state index in [1.54, 1.807) is 0 Å². The van der Waals surface area contributed by atoms with Gasteiger partial charge >= 0.3 is 0 Å². The standard InChI is InChI=1S/C9H20BrNO2S/c1-5-8(10)6-11-14(12,13)7-9(2,3)4/h8,11H,5-7H2,1-4H3. The van der Waals surface area contributed by atoms with E-state index in [1.807, 2.05) is 27.7 Å². The van der Waals surface area contributed by atoms with Crippen LogP contribution in [-0.4, -0.2) is 25.5 Å². The predicted molar refractivity (Wildman–Crippen MR) is 64.3 cm³/mol. The van der Waals surface area contributed by atoms with Crippen LogP contribution in [-0.2, 0) is 10.0 Å². The van der Waals surface area contributed by atoms with E-state index in [-0.39, 0.29) is 16.0 Å². The minimum Gasteiger partial charge on any atom is -0.214 e. The van der Waals surface area contributed by atoms with E-state index in [2.05, 4.69) is 20.7 Å². The maximum absolute atomic E-state index is 11.5. The maximum Gasteiger partial charge on any atom is 0.212 e. The van der Waals surface area contributed by atoms with Crippen molar-refractivity contribution in [3.8, 4) is 0 Å². The van der Waals surface area contributed by atoms with Crippen LogP contribution in [0.4, 0.5) is 0 Å². The molecule has 14 heavy (non-hydrogen) atoms. The summed E-state index contributed by atoms with van der Waals surface area (Å²) in [6.45, 7) is 8.22. The average Bonchev–Trinajstić information content (AvgIpc) is 1.96. The highest BCUT2D eigenvalue weighted by atomic mass is 79.9. The van der Waals surface area contributed by atoms with Crippen LogP contribution < -0.4 is 4.72 Å². The van der Waals surface area contributed by atoms with Gasteiger partial charge < -0.3 is 0 Å². The quantitative estimate of drug-likeness (QED) is 0.787. The molecule has 0 saturated carbocycles. The monoisotopic (exact) mass is 285 g/mol. The third-order valence-corrected chi connectivity index (χ3v) is 4.41. The molecule has 0 amide bonds. The Kier molecular flexibility index (Phi) is 5.62. The third-order valence-electron chi connectivity index (χ3n) is 1.59. The van der Waals surface area contributed by atoms with Gasteiger partial charge in [0.1, 0.15) is 0 Å². The minimum atomic E-state index is -3.12. The van der Waals surface area contributed by atoms with Crippen LogP contribution >= 0.6 is 15.9 Å². The smallest absolute Gasteiger partial charge is 0.212 e. The Hall–Kier alpha value is 0.390. The summed E-state index contributed by atoms with van der Waals surface area (Å²) in [5.74, 6) is 0.170. The lowest BCUT2D eigenvalue weighted by Gasteiger charge is -2.19. The molecule has 0 saturated heterocycles. The molecule has 0 aromatic rings. The van der Waals surface area contributed by atoms with Crippen LogP contribution in [0.3, 0.4) is 0 Å². The van der Waals surface area contributed by atoms with Crippen molar-refractivity contribution < 1.29 is 8.42 Å². The van der Waals surface area contributed by atoms with Gasteiger partial charge in [0.05, 0.1) is 5.75 Å². The fraction of sp³-hybridized carbons (Fsp3) is 1.00. The molecule has 0 rings (SSSR count). The van der Waals surface area contributed by atoms with E-state index in [0.29, 0.717) is 6.54 Å². The summed E-state index contributed by atoms with van der Waals surface area (Å²) in [7, 11) is -3.12. The van der Waals surface area contributed by atoms with Crippen molar-refractivity contribution in [1.29, 1.82) is 0 Å². The van der Waals surface area contributed by atoms with Gasteiger partial charge in [-0.25, -0.2) is 13.1 Å². The Morgan fingerprint density at radius 1 is 1.36 bits per heavy atom. The average molecular weight is 286 g/mol. The second kappa shape index (κ2) is 5.47. The fourth-order valence-electron chi connectivity index (χ4n) is 0.983. The molecule has 0 aliphatic heterocycles. The van der Waals surface area contributed by atoms with Crippen molar-refractivity contribution in [2.45, 2.75) is 38.9 Å². The van der Waals surface area contributed by atoms with Crippen LogP contribution in [0.2, 0.25) is 0 Å². The zero-order valence-electron chi connectivity index (χ0n) is 9.30.